The van der Waals surface area contributed by atoms with E-state index in [1.807, 2.05) is 29.2 Å². The van der Waals surface area contributed by atoms with Gasteiger partial charge in [0.25, 0.3) is 0 Å². The van der Waals surface area contributed by atoms with Crippen molar-refractivity contribution in [1.29, 1.82) is 0 Å². The maximum absolute atomic E-state index is 13.4. The van der Waals surface area contributed by atoms with Crippen LogP contribution < -0.4 is 9.47 Å². The van der Waals surface area contributed by atoms with Crippen LogP contribution in [-0.2, 0) is 20.7 Å². The lowest BCUT2D eigenvalue weighted by Crippen LogP contribution is -2.48. The molecule has 1 fully saturated rings. The highest BCUT2D eigenvalue weighted by Gasteiger charge is 2.33. The molecular weight excluding hydrogens is 428 g/mol. The Bertz CT molecular complexity index is 940. The zero-order chi connectivity index (χ0) is 22.5. The smallest absolute Gasteiger partial charge is 0.242 e. The van der Waals surface area contributed by atoms with Gasteiger partial charge in [-0.15, -0.1) is 11.3 Å². The molecule has 7 nitrogen and oxygen atoms in total. The van der Waals surface area contributed by atoms with Crippen molar-refractivity contribution in [1.82, 2.24) is 9.80 Å². The van der Waals surface area contributed by atoms with Gasteiger partial charge in [-0.3, -0.25) is 9.59 Å². The lowest BCUT2D eigenvalue weighted by molar-refractivity contribution is -0.142. The molecule has 0 N–H and O–H groups in total. The number of methoxy groups -OCH3 is 1. The van der Waals surface area contributed by atoms with Crippen molar-refractivity contribution in [3.63, 3.8) is 0 Å². The molecule has 1 aromatic carbocycles. The minimum Gasteiger partial charge on any atom is -0.497 e. The molecule has 0 aliphatic carbocycles. The van der Waals surface area contributed by atoms with E-state index < -0.39 is 0 Å². The Kier molecular flexibility index (Phi) is 7.32. The fourth-order valence-corrected chi connectivity index (χ4v) is 5.26. The van der Waals surface area contributed by atoms with Gasteiger partial charge in [-0.05, 0) is 48.4 Å². The molecule has 8 heteroatoms. The number of fused-ring (bicyclic) bond motifs is 1. The van der Waals surface area contributed by atoms with Gasteiger partial charge in [0.1, 0.15) is 18.1 Å². The van der Waals surface area contributed by atoms with Crippen LogP contribution in [0.5, 0.6) is 11.5 Å². The predicted molar refractivity (Wildman–Crippen MR) is 122 cm³/mol. The molecule has 2 amide bonds. The maximum Gasteiger partial charge on any atom is 0.242 e. The number of rotatable bonds is 8. The van der Waals surface area contributed by atoms with Crippen LogP contribution in [0, 0.1) is 0 Å². The van der Waals surface area contributed by atoms with Gasteiger partial charge >= 0.3 is 0 Å². The molecule has 0 spiro atoms. The SMILES string of the molecule is COc1cccc(OC[C@H]2c3ccsc3CCN2C(=O)CN(C[C@@H]2CCCO2)C(C)=O)c1. The third-order valence-electron chi connectivity index (χ3n) is 6.08. The van der Waals surface area contributed by atoms with Crippen molar-refractivity contribution >= 4 is 23.2 Å². The van der Waals surface area contributed by atoms with E-state index >= 15 is 0 Å². The Morgan fingerprint density at radius 2 is 2.12 bits per heavy atom. The summed E-state index contributed by atoms with van der Waals surface area (Å²) >= 11 is 1.72. The highest BCUT2D eigenvalue weighted by atomic mass is 32.1. The number of hydrogen-bond acceptors (Lipinski definition) is 6. The molecule has 32 heavy (non-hydrogen) atoms. The summed E-state index contributed by atoms with van der Waals surface area (Å²) in [5, 5.41) is 2.07. The van der Waals surface area contributed by atoms with E-state index in [4.69, 9.17) is 14.2 Å². The van der Waals surface area contributed by atoms with E-state index in [9.17, 15) is 9.59 Å². The van der Waals surface area contributed by atoms with Crippen molar-refractivity contribution in [2.75, 3.05) is 40.0 Å². The minimum absolute atomic E-state index is 0.0173. The Labute approximate surface area is 192 Å². The largest absolute Gasteiger partial charge is 0.497 e. The van der Waals surface area contributed by atoms with E-state index in [1.54, 1.807) is 23.3 Å². The Morgan fingerprint density at radius 3 is 2.88 bits per heavy atom. The van der Waals surface area contributed by atoms with Crippen molar-refractivity contribution in [2.24, 2.45) is 0 Å². The second-order valence-corrected chi connectivity index (χ2v) is 9.18. The van der Waals surface area contributed by atoms with Gasteiger partial charge in [0.05, 0.1) is 25.8 Å². The molecule has 172 valence electrons. The van der Waals surface area contributed by atoms with Crippen molar-refractivity contribution in [2.45, 2.75) is 38.3 Å². The first-order valence-electron chi connectivity index (χ1n) is 11.0. The van der Waals surface area contributed by atoms with Gasteiger partial charge < -0.3 is 24.0 Å². The summed E-state index contributed by atoms with van der Waals surface area (Å²) < 4.78 is 17.0. The summed E-state index contributed by atoms with van der Waals surface area (Å²) in [6.07, 6.45) is 2.77. The average molecular weight is 459 g/mol. The van der Waals surface area contributed by atoms with Crippen LogP contribution in [0.25, 0.3) is 0 Å². The van der Waals surface area contributed by atoms with Gasteiger partial charge in [-0.2, -0.15) is 0 Å². The minimum atomic E-state index is -0.194. The predicted octanol–water partition coefficient (Wildman–Crippen LogP) is 3.29. The number of amides is 2. The Morgan fingerprint density at radius 1 is 1.28 bits per heavy atom. The fourth-order valence-electron chi connectivity index (χ4n) is 4.33. The molecule has 2 atom stereocenters. The molecule has 0 unspecified atom stereocenters. The van der Waals surface area contributed by atoms with Gasteiger partial charge in [0.15, 0.2) is 0 Å². The topological polar surface area (TPSA) is 68.3 Å². The number of hydrogen-bond donors (Lipinski definition) is 0. The highest BCUT2D eigenvalue weighted by Crippen LogP contribution is 2.34. The van der Waals surface area contributed by atoms with E-state index in [1.165, 1.54) is 11.8 Å². The summed E-state index contributed by atoms with van der Waals surface area (Å²) in [5.41, 5.74) is 1.13. The summed E-state index contributed by atoms with van der Waals surface area (Å²) in [5.74, 6) is 1.25. The average Bonchev–Trinajstić information content (AvgIpc) is 3.49. The van der Waals surface area contributed by atoms with Crippen LogP contribution in [-0.4, -0.2) is 67.7 Å². The fraction of sp³-hybridized carbons (Fsp3) is 0.500. The van der Waals surface area contributed by atoms with Crippen LogP contribution in [0.4, 0.5) is 0 Å². The lowest BCUT2D eigenvalue weighted by atomic mass is 10.0. The number of thiophene rings is 1. The second kappa shape index (κ2) is 10.4. The quantitative estimate of drug-likeness (QED) is 0.607. The van der Waals surface area contributed by atoms with Crippen molar-refractivity contribution < 1.29 is 23.8 Å². The summed E-state index contributed by atoms with van der Waals surface area (Å²) in [6, 6.07) is 9.34. The van der Waals surface area contributed by atoms with E-state index in [0.29, 0.717) is 25.4 Å². The molecule has 0 bridgehead atoms. The third kappa shape index (κ3) is 5.24. The van der Waals surface area contributed by atoms with Crippen LogP contribution in [0.15, 0.2) is 35.7 Å². The number of nitrogens with zero attached hydrogens (tertiary/aromatic N) is 2. The molecule has 1 aromatic heterocycles. The molecular formula is C24H30N2O5S. The molecule has 0 radical (unpaired) electrons. The van der Waals surface area contributed by atoms with Crippen LogP contribution in [0.3, 0.4) is 0 Å². The normalized spacial score (nSPS) is 20.0. The van der Waals surface area contributed by atoms with Gasteiger partial charge in [0.2, 0.25) is 11.8 Å². The molecule has 2 aliphatic heterocycles. The number of benzene rings is 1. The maximum atomic E-state index is 13.4. The van der Waals surface area contributed by atoms with Crippen LogP contribution in [0.2, 0.25) is 0 Å². The van der Waals surface area contributed by atoms with Crippen molar-refractivity contribution in [3.05, 3.63) is 46.2 Å². The number of carbonyl (C=O) groups excluding carboxylic acids is 2. The summed E-state index contributed by atoms with van der Waals surface area (Å²) in [4.78, 5) is 30.3. The summed E-state index contributed by atoms with van der Waals surface area (Å²) in [6.45, 7) is 3.71. The lowest BCUT2D eigenvalue weighted by Gasteiger charge is -2.37. The van der Waals surface area contributed by atoms with Crippen LogP contribution in [0.1, 0.15) is 36.2 Å². The first kappa shape index (κ1) is 22.6. The summed E-state index contributed by atoms with van der Waals surface area (Å²) in [7, 11) is 1.62. The number of ether oxygens (including phenoxy) is 3. The molecule has 0 saturated carbocycles. The van der Waals surface area contributed by atoms with E-state index in [2.05, 4.69) is 11.4 Å². The van der Waals surface area contributed by atoms with Gasteiger partial charge in [0, 0.05) is 37.6 Å². The first-order valence-corrected chi connectivity index (χ1v) is 11.9. The Balaban J connectivity index is 1.47. The zero-order valence-corrected chi connectivity index (χ0v) is 19.4. The third-order valence-corrected chi connectivity index (χ3v) is 7.08. The van der Waals surface area contributed by atoms with E-state index in [-0.39, 0.29) is 30.5 Å². The number of carbonyl (C=O) groups is 2. The second-order valence-electron chi connectivity index (χ2n) is 8.18. The van der Waals surface area contributed by atoms with Crippen LogP contribution >= 0.6 is 11.3 Å². The first-order chi connectivity index (χ1) is 15.5. The van der Waals surface area contributed by atoms with E-state index in [0.717, 1.165) is 37.2 Å². The molecule has 2 aliphatic rings. The van der Waals surface area contributed by atoms with Gasteiger partial charge in [-0.1, -0.05) is 6.07 Å². The molecule has 4 rings (SSSR count). The van der Waals surface area contributed by atoms with Gasteiger partial charge in [-0.25, -0.2) is 0 Å². The standard InChI is InChI=1S/C24H30N2O5S/c1-17(27)25(14-20-7-4-11-30-20)15-24(28)26-10-8-23-21(9-12-32-23)22(26)16-31-19-6-3-5-18(13-19)29-2/h3,5-6,9,12-13,20,22H,4,7-8,10-11,14-16H2,1-2H3/t20-,22-/m0/s1. The molecule has 2 aromatic rings. The Hall–Kier alpha value is -2.58. The zero-order valence-electron chi connectivity index (χ0n) is 18.6. The highest BCUT2D eigenvalue weighted by molar-refractivity contribution is 7.10. The van der Waals surface area contributed by atoms with Crippen molar-refractivity contribution in [3.8, 4) is 11.5 Å². The molecule has 1 saturated heterocycles. The molecule has 3 heterocycles. The monoisotopic (exact) mass is 458 g/mol.